The van der Waals surface area contributed by atoms with Gasteiger partial charge in [-0.05, 0) is 59.5 Å². The van der Waals surface area contributed by atoms with Gasteiger partial charge in [-0.3, -0.25) is 9.59 Å². The van der Waals surface area contributed by atoms with E-state index in [1.165, 1.54) is 40.6 Å². The number of ether oxygens (including phenoxy) is 4. The van der Waals surface area contributed by atoms with Gasteiger partial charge < -0.3 is 28.7 Å². The lowest BCUT2D eigenvalue weighted by Gasteiger charge is -2.23. The molecule has 0 atom stereocenters. The smallest absolute Gasteiger partial charge is 0.416 e. The summed E-state index contributed by atoms with van der Waals surface area (Å²) in [7, 11) is 5.92. The van der Waals surface area contributed by atoms with Crippen molar-refractivity contribution in [3.63, 3.8) is 0 Å². The van der Waals surface area contributed by atoms with Gasteiger partial charge in [0, 0.05) is 37.8 Å². The maximum atomic E-state index is 13.5. The van der Waals surface area contributed by atoms with Crippen molar-refractivity contribution < 1.29 is 41.7 Å². The molecule has 3 aromatic carbocycles. The van der Waals surface area contributed by atoms with Crippen LogP contribution in [0.25, 0.3) is 5.57 Å². The second-order valence-corrected chi connectivity index (χ2v) is 9.75. The SMILES string of the molecule is COc1ccc(/C(=C/C(=O)N2CCCN(C(=O)c3cc(OC)c(OC)c(OC)c3)CC2)c2cccc(C(F)(F)F)c2)cc1. The minimum absolute atomic E-state index is 0.240. The van der Waals surface area contributed by atoms with Crippen molar-refractivity contribution in [3.05, 3.63) is 89.0 Å². The van der Waals surface area contributed by atoms with Crippen molar-refractivity contribution in [2.24, 2.45) is 0 Å². The summed E-state index contributed by atoms with van der Waals surface area (Å²) >= 11 is 0. The lowest BCUT2D eigenvalue weighted by Crippen LogP contribution is -2.37. The fourth-order valence-electron chi connectivity index (χ4n) is 4.91. The molecule has 228 valence electrons. The Morgan fingerprint density at radius 1 is 0.721 bits per heavy atom. The minimum atomic E-state index is -4.54. The van der Waals surface area contributed by atoms with Crippen LogP contribution in [-0.2, 0) is 11.0 Å². The largest absolute Gasteiger partial charge is 0.497 e. The Morgan fingerprint density at radius 3 is 1.93 bits per heavy atom. The summed E-state index contributed by atoms with van der Waals surface area (Å²) in [5.74, 6) is 1.01. The van der Waals surface area contributed by atoms with Crippen LogP contribution >= 0.6 is 0 Å². The molecule has 0 aromatic heterocycles. The van der Waals surface area contributed by atoms with Gasteiger partial charge in [0.15, 0.2) is 11.5 Å². The van der Waals surface area contributed by atoms with Crippen LogP contribution < -0.4 is 18.9 Å². The number of carbonyl (C=O) groups is 2. The number of carbonyl (C=O) groups excluding carboxylic acids is 2. The highest BCUT2D eigenvalue weighted by Crippen LogP contribution is 2.38. The van der Waals surface area contributed by atoms with Crippen molar-refractivity contribution in [3.8, 4) is 23.0 Å². The Hall–Kier alpha value is -4.67. The van der Waals surface area contributed by atoms with Crippen LogP contribution in [0.1, 0.15) is 33.5 Å². The predicted octanol–water partition coefficient (Wildman–Crippen LogP) is 5.55. The molecule has 1 saturated heterocycles. The Kier molecular flexibility index (Phi) is 9.84. The summed E-state index contributed by atoms with van der Waals surface area (Å²) in [5, 5.41) is 0. The summed E-state index contributed by atoms with van der Waals surface area (Å²) in [6.45, 7) is 1.27. The van der Waals surface area contributed by atoms with E-state index < -0.39 is 11.7 Å². The van der Waals surface area contributed by atoms with Crippen LogP contribution in [-0.4, -0.2) is 76.2 Å². The summed E-state index contributed by atoms with van der Waals surface area (Å²) in [6, 6.07) is 14.8. The molecule has 0 N–H and O–H groups in total. The van der Waals surface area contributed by atoms with Crippen LogP contribution in [0.2, 0.25) is 0 Å². The van der Waals surface area contributed by atoms with Crippen LogP contribution in [0.5, 0.6) is 23.0 Å². The van der Waals surface area contributed by atoms with Crippen LogP contribution in [0.4, 0.5) is 13.2 Å². The summed E-state index contributed by atoms with van der Waals surface area (Å²) in [6.07, 6.45) is -2.67. The van der Waals surface area contributed by atoms with Crippen molar-refractivity contribution in [2.45, 2.75) is 12.6 Å². The molecule has 11 heteroatoms. The number of methoxy groups -OCH3 is 4. The van der Waals surface area contributed by atoms with E-state index in [2.05, 4.69) is 0 Å². The molecular formula is C32H33F3N2O6. The highest BCUT2D eigenvalue weighted by Gasteiger charge is 2.31. The fraction of sp³-hybridized carbons (Fsp3) is 0.312. The Balaban J connectivity index is 1.59. The third kappa shape index (κ3) is 7.22. The molecule has 0 saturated carbocycles. The van der Waals surface area contributed by atoms with E-state index >= 15 is 0 Å². The lowest BCUT2D eigenvalue weighted by atomic mass is 9.95. The zero-order chi connectivity index (χ0) is 31.1. The topological polar surface area (TPSA) is 77.5 Å². The zero-order valence-electron chi connectivity index (χ0n) is 24.4. The monoisotopic (exact) mass is 598 g/mol. The van der Waals surface area contributed by atoms with E-state index in [0.717, 1.165) is 12.1 Å². The number of rotatable bonds is 8. The second-order valence-electron chi connectivity index (χ2n) is 9.75. The van der Waals surface area contributed by atoms with Crippen LogP contribution in [0.3, 0.4) is 0 Å². The second kappa shape index (κ2) is 13.5. The first-order valence-corrected chi connectivity index (χ1v) is 13.5. The standard InChI is InChI=1S/C32H33F3N2O6/c1-40-25-11-9-21(10-12-25)26(22-7-5-8-24(17-22)32(33,34)35)20-29(38)36-13-6-14-37(16-15-36)31(39)23-18-27(41-2)30(43-4)28(19-23)42-3/h5,7-12,17-20H,6,13-16H2,1-4H3/b26-20-. The van der Waals surface area contributed by atoms with Gasteiger partial charge in [-0.2, -0.15) is 13.2 Å². The molecule has 1 heterocycles. The van der Waals surface area contributed by atoms with E-state index in [0.29, 0.717) is 59.2 Å². The van der Waals surface area contributed by atoms with E-state index in [9.17, 15) is 22.8 Å². The fourth-order valence-corrected chi connectivity index (χ4v) is 4.91. The molecule has 0 aliphatic carbocycles. The van der Waals surface area contributed by atoms with Gasteiger partial charge in [0.05, 0.1) is 34.0 Å². The number of amides is 2. The molecule has 8 nitrogen and oxygen atoms in total. The van der Waals surface area contributed by atoms with Gasteiger partial charge in [-0.25, -0.2) is 0 Å². The minimum Gasteiger partial charge on any atom is -0.497 e. The number of hydrogen-bond donors (Lipinski definition) is 0. The van der Waals surface area contributed by atoms with Crippen molar-refractivity contribution in [2.75, 3.05) is 54.6 Å². The molecule has 4 rings (SSSR count). The van der Waals surface area contributed by atoms with Gasteiger partial charge >= 0.3 is 6.18 Å². The summed E-state index contributed by atoms with van der Waals surface area (Å²) < 4.78 is 61.8. The van der Waals surface area contributed by atoms with E-state index in [-0.39, 0.29) is 30.5 Å². The Bertz CT molecular complexity index is 1460. The number of alkyl halides is 3. The van der Waals surface area contributed by atoms with Crippen molar-refractivity contribution >= 4 is 17.4 Å². The molecule has 3 aromatic rings. The summed E-state index contributed by atoms with van der Waals surface area (Å²) in [5.41, 5.74) is 0.686. The van der Waals surface area contributed by atoms with E-state index in [4.69, 9.17) is 18.9 Å². The van der Waals surface area contributed by atoms with Crippen molar-refractivity contribution in [1.82, 2.24) is 9.80 Å². The molecule has 0 spiro atoms. The first-order valence-electron chi connectivity index (χ1n) is 13.5. The van der Waals surface area contributed by atoms with Crippen LogP contribution in [0.15, 0.2) is 66.7 Å². The normalized spacial score (nSPS) is 14.2. The molecule has 0 radical (unpaired) electrons. The third-order valence-electron chi connectivity index (χ3n) is 7.18. The average molecular weight is 599 g/mol. The van der Waals surface area contributed by atoms with Gasteiger partial charge in [0.2, 0.25) is 11.7 Å². The van der Waals surface area contributed by atoms with Gasteiger partial charge in [-0.1, -0.05) is 24.3 Å². The molecule has 0 bridgehead atoms. The predicted molar refractivity (Wildman–Crippen MR) is 155 cm³/mol. The molecular weight excluding hydrogens is 565 g/mol. The highest BCUT2D eigenvalue weighted by molar-refractivity contribution is 5.99. The van der Waals surface area contributed by atoms with Gasteiger partial charge in [0.1, 0.15) is 5.75 Å². The van der Waals surface area contributed by atoms with E-state index in [1.54, 1.807) is 52.3 Å². The van der Waals surface area contributed by atoms with Crippen molar-refractivity contribution in [1.29, 1.82) is 0 Å². The molecule has 1 aliphatic rings. The molecule has 1 aliphatic heterocycles. The quantitative estimate of drug-likeness (QED) is 0.317. The third-order valence-corrected chi connectivity index (χ3v) is 7.18. The lowest BCUT2D eigenvalue weighted by molar-refractivity contribution is -0.137. The van der Waals surface area contributed by atoms with Gasteiger partial charge in [0.25, 0.3) is 5.91 Å². The zero-order valence-corrected chi connectivity index (χ0v) is 24.4. The maximum Gasteiger partial charge on any atom is 0.416 e. The summed E-state index contributed by atoms with van der Waals surface area (Å²) in [4.78, 5) is 30.2. The molecule has 43 heavy (non-hydrogen) atoms. The number of halogens is 3. The first-order chi connectivity index (χ1) is 20.6. The maximum absolute atomic E-state index is 13.5. The van der Waals surface area contributed by atoms with Gasteiger partial charge in [-0.15, -0.1) is 0 Å². The number of hydrogen-bond acceptors (Lipinski definition) is 6. The molecule has 0 unspecified atom stereocenters. The molecule has 2 amide bonds. The first kappa shape index (κ1) is 31.3. The Morgan fingerprint density at radius 2 is 1.35 bits per heavy atom. The average Bonchev–Trinajstić information content (AvgIpc) is 3.28. The number of benzene rings is 3. The van der Waals surface area contributed by atoms with Crippen LogP contribution in [0, 0.1) is 0 Å². The number of nitrogens with zero attached hydrogens (tertiary/aromatic N) is 2. The van der Waals surface area contributed by atoms with E-state index in [1.807, 2.05) is 0 Å². The molecule has 1 fully saturated rings. The Labute approximate surface area is 248 Å². The highest BCUT2D eigenvalue weighted by atomic mass is 19.4.